The number of H-pyrrole nitrogens is 1. The molecule has 0 spiro atoms. The highest BCUT2D eigenvalue weighted by atomic mass is 19.4. The van der Waals surface area contributed by atoms with E-state index in [2.05, 4.69) is 46.3 Å². The number of nitrogens with zero attached hydrogens (tertiary/aromatic N) is 9. The van der Waals surface area contributed by atoms with E-state index in [9.17, 15) is 23.2 Å². The van der Waals surface area contributed by atoms with Crippen molar-refractivity contribution < 1.29 is 18.0 Å². The SMILES string of the molecule is N#CCC1(n2cc(-c3ncnc4[nH]ccc34)cn2)CC(N2CCN(C(=O)c3cc(C4=NCCN4)cc(C(F)(F)F)n3)CC2)C1. The molecule has 6 heterocycles. The Hall–Kier alpha value is -4.84. The number of halogens is 3. The molecule has 12 nitrogen and oxygen atoms in total. The Morgan fingerprint density at radius 3 is 2.68 bits per heavy atom. The lowest BCUT2D eigenvalue weighted by Crippen LogP contribution is -2.60. The number of alkyl halides is 3. The van der Waals surface area contributed by atoms with Crippen molar-refractivity contribution in [2.75, 3.05) is 39.3 Å². The van der Waals surface area contributed by atoms with Crippen LogP contribution in [0.15, 0.2) is 48.1 Å². The summed E-state index contributed by atoms with van der Waals surface area (Å²) in [4.78, 5) is 36.8. The van der Waals surface area contributed by atoms with Crippen LogP contribution >= 0.6 is 0 Å². The van der Waals surface area contributed by atoms with Gasteiger partial charge in [0.05, 0.1) is 36.5 Å². The summed E-state index contributed by atoms with van der Waals surface area (Å²) in [5, 5.41) is 18.1. The van der Waals surface area contributed by atoms with E-state index in [1.807, 2.05) is 23.1 Å². The lowest BCUT2D eigenvalue weighted by atomic mass is 9.70. The van der Waals surface area contributed by atoms with Crippen molar-refractivity contribution in [2.24, 2.45) is 4.99 Å². The fraction of sp³-hybridized carbons (Fsp3) is 0.414. The number of hydrogen-bond donors (Lipinski definition) is 2. The van der Waals surface area contributed by atoms with E-state index in [0.29, 0.717) is 64.4 Å². The second-order valence-corrected chi connectivity index (χ2v) is 11.4. The van der Waals surface area contributed by atoms with Gasteiger partial charge in [-0.1, -0.05) is 0 Å². The number of nitrogens with one attached hydrogen (secondary N) is 2. The maximum atomic E-state index is 13.6. The predicted octanol–water partition coefficient (Wildman–Crippen LogP) is 2.81. The molecule has 4 aromatic heterocycles. The van der Waals surface area contributed by atoms with Crippen LogP contribution < -0.4 is 5.32 Å². The van der Waals surface area contributed by atoms with E-state index in [1.165, 1.54) is 12.4 Å². The summed E-state index contributed by atoms with van der Waals surface area (Å²) < 4.78 is 42.7. The van der Waals surface area contributed by atoms with E-state index < -0.39 is 23.3 Å². The number of carbonyl (C=O) groups excluding carboxylic acids is 1. The minimum atomic E-state index is -4.69. The number of carbonyl (C=O) groups is 1. The number of amides is 1. The van der Waals surface area contributed by atoms with Gasteiger partial charge in [0.15, 0.2) is 0 Å². The monoisotopic (exact) mass is 603 g/mol. The molecule has 1 amide bonds. The highest BCUT2D eigenvalue weighted by Gasteiger charge is 2.49. The molecule has 0 aromatic carbocycles. The van der Waals surface area contributed by atoms with Crippen LogP contribution in [0.5, 0.6) is 0 Å². The fourth-order valence-electron chi connectivity index (χ4n) is 6.41. The molecule has 1 saturated carbocycles. The Labute approximate surface area is 249 Å². The second-order valence-electron chi connectivity index (χ2n) is 11.4. The molecule has 44 heavy (non-hydrogen) atoms. The average Bonchev–Trinajstić information content (AvgIpc) is 3.80. The molecule has 2 fully saturated rings. The third-order valence-electron chi connectivity index (χ3n) is 8.74. The number of hydrogen-bond acceptors (Lipinski definition) is 9. The van der Waals surface area contributed by atoms with Crippen LogP contribution in [-0.4, -0.2) is 96.6 Å². The second kappa shape index (κ2) is 10.7. The van der Waals surface area contributed by atoms with Gasteiger partial charge in [0.2, 0.25) is 0 Å². The summed E-state index contributed by atoms with van der Waals surface area (Å²) in [7, 11) is 0. The fourth-order valence-corrected chi connectivity index (χ4v) is 6.41. The van der Waals surface area contributed by atoms with Gasteiger partial charge in [0.1, 0.15) is 29.2 Å². The van der Waals surface area contributed by atoms with Crippen molar-refractivity contribution in [2.45, 2.75) is 37.0 Å². The Balaban J connectivity index is 1.02. The number of aliphatic imine (C=N–C) groups is 1. The molecule has 3 aliphatic rings. The largest absolute Gasteiger partial charge is 0.433 e. The van der Waals surface area contributed by atoms with Crippen LogP contribution in [0, 0.1) is 11.3 Å². The number of fused-ring (bicyclic) bond motifs is 1. The van der Waals surface area contributed by atoms with Crippen molar-refractivity contribution in [3.8, 4) is 17.3 Å². The van der Waals surface area contributed by atoms with Gasteiger partial charge in [-0.2, -0.15) is 23.5 Å². The normalized spacial score (nSPS) is 22.4. The number of rotatable bonds is 6. The van der Waals surface area contributed by atoms with Crippen molar-refractivity contribution in [1.82, 2.24) is 44.8 Å². The maximum absolute atomic E-state index is 13.6. The summed E-state index contributed by atoms with van der Waals surface area (Å²) in [5.41, 5.74) is 0.731. The quantitative estimate of drug-likeness (QED) is 0.343. The lowest BCUT2D eigenvalue weighted by Gasteiger charge is -2.52. The standard InChI is InChI=1S/C29H28F3N11O/c30-29(31,32)23-12-18(25-35-5-6-36-25)11-22(40-23)27(44)42-9-7-41(8-10-42)20-13-28(14-20,2-3-33)43-16-19(15-39-43)24-21-1-4-34-26(21)38-17-37-24/h1,4,11-12,15-17,20H,2,5-10,13-14H2,(H,35,36)(H,34,37,38). The molecule has 0 unspecified atom stereocenters. The Bertz CT molecular complexity index is 1790. The minimum Gasteiger partial charge on any atom is -0.368 e. The number of amidine groups is 1. The lowest BCUT2D eigenvalue weighted by molar-refractivity contribution is -0.141. The zero-order chi connectivity index (χ0) is 30.5. The first-order valence-electron chi connectivity index (χ1n) is 14.4. The van der Waals surface area contributed by atoms with Gasteiger partial charge in [-0.3, -0.25) is 19.4 Å². The van der Waals surface area contributed by atoms with Crippen LogP contribution in [0.2, 0.25) is 0 Å². The summed E-state index contributed by atoms with van der Waals surface area (Å²) in [6.07, 6.45) is 4.04. The van der Waals surface area contributed by atoms with Crippen LogP contribution in [0.4, 0.5) is 13.2 Å². The van der Waals surface area contributed by atoms with Crippen molar-refractivity contribution in [3.63, 3.8) is 0 Å². The van der Waals surface area contributed by atoms with Gasteiger partial charge < -0.3 is 15.2 Å². The smallest absolute Gasteiger partial charge is 0.368 e. The summed E-state index contributed by atoms with van der Waals surface area (Å²) in [5.74, 6) is -0.199. The highest BCUT2D eigenvalue weighted by Crippen LogP contribution is 2.45. The van der Waals surface area contributed by atoms with Gasteiger partial charge >= 0.3 is 6.18 Å². The van der Waals surface area contributed by atoms with Gasteiger partial charge in [-0.25, -0.2) is 15.0 Å². The molecule has 1 saturated heterocycles. The minimum absolute atomic E-state index is 0.188. The molecule has 2 N–H and O–H groups in total. The highest BCUT2D eigenvalue weighted by molar-refractivity contribution is 6.02. The predicted molar refractivity (Wildman–Crippen MR) is 152 cm³/mol. The third-order valence-corrected chi connectivity index (χ3v) is 8.74. The van der Waals surface area contributed by atoms with E-state index in [4.69, 9.17) is 0 Å². The van der Waals surface area contributed by atoms with Crippen LogP contribution in [0.25, 0.3) is 22.3 Å². The number of pyridine rings is 1. The molecule has 15 heteroatoms. The van der Waals surface area contributed by atoms with E-state index in [0.717, 1.165) is 28.4 Å². The first-order valence-corrected chi connectivity index (χ1v) is 14.4. The molecular weight excluding hydrogens is 575 g/mol. The Morgan fingerprint density at radius 1 is 1.14 bits per heavy atom. The molecule has 2 aliphatic heterocycles. The van der Waals surface area contributed by atoms with Gasteiger partial charge in [0, 0.05) is 67.7 Å². The van der Waals surface area contributed by atoms with Crippen LogP contribution in [0.3, 0.4) is 0 Å². The molecule has 226 valence electrons. The van der Waals surface area contributed by atoms with Crippen molar-refractivity contribution in [1.29, 1.82) is 5.26 Å². The molecule has 7 rings (SSSR count). The molecular formula is C29H28F3N11O. The topological polar surface area (TPSA) is 144 Å². The molecule has 0 atom stereocenters. The van der Waals surface area contributed by atoms with Crippen molar-refractivity contribution in [3.05, 3.63) is 60.1 Å². The van der Waals surface area contributed by atoms with E-state index in [-0.39, 0.29) is 17.3 Å². The first-order chi connectivity index (χ1) is 21.2. The summed E-state index contributed by atoms with van der Waals surface area (Å²) in [6, 6.07) is 6.73. The maximum Gasteiger partial charge on any atom is 0.433 e. The zero-order valence-corrected chi connectivity index (χ0v) is 23.5. The number of aromatic amines is 1. The summed E-state index contributed by atoms with van der Waals surface area (Å²) in [6.45, 7) is 2.84. The zero-order valence-electron chi connectivity index (χ0n) is 23.5. The Kier molecular flexibility index (Phi) is 6.80. The van der Waals surface area contributed by atoms with Gasteiger partial charge in [-0.15, -0.1) is 0 Å². The number of nitriles is 1. The first kappa shape index (κ1) is 28.0. The molecule has 0 bridgehead atoms. The van der Waals surface area contributed by atoms with E-state index in [1.54, 1.807) is 11.1 Å². The molecule has 1 aliphatic carbocycles. The number of aromatic nitrogens is 6. The molecule has 4 aromatic rings. The van der Waals surface area contributed by atoms with Gasteiger partial charge in [0.25, 0.3) is 5.91 Å². The Morgan fingerprint density at radius 2 is 1.95 bits per heavy atom. The van der Waals surface area contributed by atoms with E-state index >= 15 is 0 Å². The van der Waals surface area contributed by atoms with Crippen LogP contribution in [-0.2, 0) is 11.7 Å². The number of piperazine rings is 1. The molecule has 0 radical (unpaired) electrons. The average molecular weight is 604 g/mol. The van der Waals surface area contributed by atoms with Crippen LogP contribution in [0.1, 0.15) is 41.0 Å². The summed E-state index contributed by atoms with van der Waals surface area (Å²) >= 11 is 0. The van der Waals surface area contributed by atoms with Crippen molar-refractivity contribution >= 4 is 22.8 Å². The third kappa shape index (κ3) is 4.94. The van der Waals surface area contributed by atoms with Gasteiger partial charge in [-0.05, 0) is 31.0 Å².